The molecule has 94 valence electrons. The molecule has 1 atom stereocenters. The number of rotatable bonds is 6. The molecule has 0 heterocycles. The van der Waals surface area contributed by atoms with Gasteiger partial charge in [-0.3, -0.25) is 4.79 Å². The summed E-state index contributed by atoms with van der Waals surface area (Å²) in [6.07, 6.45) is 0.663. The van der Waals surface area contributed by atoms with Crippen LogP contribution in [0.5, 0.6) is 0 Å². The zero-order valence-corrected chi connectivity index (χ0v) is 11.1. The van der Waals surface area contributed by atoms with E-state index in [1.807, 2.05) is 6.92 Å². The normalized spacial score (nSPS) is 12.4. The zero-order valence-electron chi connectivity index (χ0n) is 9.54. The average molecular weight is 304 g/mol. The van der Waals surface area contributed by atoms with Gasteiger partial charge in [-0.05, 0) is 38.1 Å². The Hall–Kier alpha value is -0.940. The molecule has 1 aromatic rings. The summed E-state index contributed by atoms with van der Waals surface area (Å²) in [5.74, 6) is -1.07. The number of hydrogen-bond acceptors (Lipinski definition) is 2. The van der Waals surface area contributed by atoms with Crippen LogP contribution in [0, 0.1) is 5.82 Å². The van der Waals surface area contributed by atoms with E-state index in [1.165, 1.54) is 6.07 Å². The maximum atomic E-state index is 13.5. The molecule has 0 saturated heterocycles. The van der Waals surface area contributed by atoms with Crippen molar-refractivity contribution in [2.24, 2.45) is 0 Å². The van der Waals surface area contributed by atoms with Crippen molar-refractivity contribution < 1.29 is 14.3 Å². The summed E-state index contributed by atoms with van der Waals surface area (Å²) < 4.78 is 14.3. The van der Waals surface area contributed by atoms with Gasteiger partial charge in [-0.1, -0.05) is 15.9 Å². The highest BCUT2D eigenvalue weighted by molar-refractivity contribution is 9.10. The smallest absolute Gasteiger partial charge is 0.303 e. The molecule has 1 unspecified atom stereocenters. The van der Waals surface area contributed by atoms with Crippen molar-refractivity contribution in [3.05, 3.63) is 34.1 Å². The lowest BCUT2D eigenvalue weighted by Crippen LogP contribution is -2.21. The number of carboxylic acids is 1. The van der Waals surface area contributed by atoms with E-state index in [2.05, 4.69) is 21.2 Å². The van der Waals surface area contributed by atoms with Crippen LogP contribution in [0.3, 0.4) is 0 Å². The number of halogens is 2. The quantitative estimate of drug-likeness (QED) is 0.794. The second kappa shape index (κ2) is 6.71. The maximum absolute atomic E-state index is 13.5. The van der Waals surface area contributed by atoms with E-state index in [0.717, 1.165) is 4.47 Å². The Kier molecular flexibility index (Phi) is 5.58. The molecule has 0 saturated carbocycles. The highest BCUT2D eigenvalue weighted by Gasteiger charge is 2.10. The molecule has 0 bridgehead atoms. The van der Waals surface area contributed by atoms with Crippen molar-refractivity contribution in [2.75, 3.05) is 6.54 Å². The monoisotopic (exact) mass is 303 g/mol. The van der Waals surface area contributed by atoms with E-state index in [0.29, 0.717) is 18.5 Å². The van der Waals surface area contributed by atoms with Crippen LogP contribution in [0.15, 0.2) is 22.7 Å². The molecule has 17 heavy (non-hydrogen) atoms. The van der Waals surface area contributed by atoms with Gasteiger partial charge in [-0.25, -0.2) is 4.39 Å². The van der Waals surface area contributed by atoms with Crippen molar-refractivity contribution in [1.29, 1.82) is 0 Å². The van der Waals surface area contributed by atoms with Crippen LogP contribution in [0.4, 0.5) is 4.39 Å². The lowest BCUT2D eigenvalue weighted by Gasteiger charge is -2.15. The largest absolute Gasteiger partial charge is 0.481 e. The first-order valence-corrected chi connectivity index (χ1v) is 6.20. The SMILES string of the molecule is CC(NCCCC(=O)O)c1cc(Br)ccc1F. The van der Waals surface area contributed by atoms with E-state index in [9.17, 15) is 9.18 Å². The summed E-state index contributed by atoms with van der Waals surface area (Å²) in [6, 6.07) is 4.65. The van der Waals surface area contributed by atoms with Crippen LogP contribution in [-0.4, -0.2) is 17.6 Å². The third kappa shape index (κ3) is 4.83. The van der Waals surface area contributed by atoms with Gasteiger partial charge < -0.3 is 10.4 Å². The molecule has 0 radical (unpaired) electrons. The third-order valence-electron chi connectivity index (χ3n) is 2.44. The molecule has 0 aliphatic heterocycles. The van der Waals surface area contributed by atoms with Crippen LogP contribution in [0.2, 0.25) is 0 Å². The number of hydrogen-bond donors (Lipinski definition) is 2. The minimum atomic E-state index is -0.812. The number of nitrogens with one attached hydrogen (secondary N) is 1. The fourth-order valence-corrected chi connectivity index (χ4v) is 1.89. The van der Waals surface area contributed by atoms with Crippen LogP contribution < -0.4 is 5.32 Å². The van der Waals surface area contributed by atoms with Crippen LogP contribution >= 0.6 is 15.9 Å². The Morgan fingerprint density at radius 3 is 2.94 bits per heavy atom. The number of carbonyl (C=O) groups is 1. The van der Waals surface area contributed by atoms with Crippen LogP contribution in [-0.2, 0) is 4.79 Å². The Labute approximate surface area is 108 Å². The Balaban J connectivity index is 2.49. The molecule has 3 nitrogen and oxygen atoms in total. The Morgan fingerprint density at radius 2 is 2.29 bits per heavy atom. The maximum Gasteiger partial charge on any atom is 0.303 e. The summed E-state index contributed by atoms with van der Waals surface area (Å²) in [4.78, 5) is 10.3. The standard InChI is InChI=1S/C12H15BrFNO2/c1-8(15-6-2-3-12(16)17)10-7-9(13)4-5-11(10)14/h4-5,7-8,15H,2-3,6H2,1H3,(H,16,17). The van der Waals surface area contributed by atoms with Gasteiger partial charge in [0, 0.05) is 22.5 Å². The van der Waals surface area contributed by atoms with Gasteiger partial charge in [0.05, 0.1) is 0 Å². The summed E-state index contributed by atoms with van der Waals surface area (Å²) in [6.45, 7) is 2.41. The molecule has 0 spiro atoms. The topological polar surface area (TPSA) is 49.3 Å². The first-order valence-electron chi connectivity index (χ1n) is 5.41. The van der Waals surface area contributed by atoms with Crippen molar-refractivity contribution in [2.45, 2.75) is 25.8 Å². The molecule has 0 aliphatic rings. The average Bonchev–Trinajstić information content (AvgIpc) is 2.27. The van der Waals surface area contributed by atoms with Gasteiger partial charge in [-0.2, -0.15) is 0 Å². The predicted molar refractivity (Wildman–Crippen MR) is 67.4 cm³/mol. The third-order valence-corrected chi connectivity index (χ3v) is 2.94. The summed E-state index contributed by atoms with van der Waals surface area (Å²) in [7, 11) is 0. The molecular weight excluding hydrogens is 289 g/mol. The molecule has 0 amide bonds. The molecule has 1 rings (SSSR count). The van der Waals surface area contributed by atoms with Gasteiger partial charge in [0.2, 0.25) is 0 Å². The zero-order chi connectivity index (χ0) is 12.8. The highest BCUT2D eigenvalue weighted by atomic mass is 79.9. The Morgan fingerprint density at radius 1 is 1.59 bits per heavy atom. The molecule has 2 N–H and O–H groups in total. The second-order valence-corrected chi connectivity index (χ2v) is 4.75. The van der Waals surface area contributed by atoms with E-state index in [-0.39, 0.29) is 18.3 Å². The molecule has 0 aliphatic carbocycles. The summed E-state index contributed by atoms with van der Waals surface area (Å²) in [5.41, 5.74) is 0.578. The van der Waals surface area contributed by atoms with Gasteiger partial charge in [-0.15, -0.1) is 0 Å². The van der Waals surface area contributed by atoms with Crippen molar-refractivity contribution >= 4 is 21.9 Å². The van der Waals surface area contributed by atoms with Gasteiger partial charge in [0.15, 0.2) is 0 Å². The van der Waals surface area contributed by atoms with Crippen molar-refractivity contribution in [1.82, 2.24) is 5.32 Å². The fourth-order valence-electron chi connectivity index (χ4n) is 1.51. The number of aliphatic carboxylic acids is 1. The van der Waals surface area contributed by atoms with Gasteiger partial charge >= 0.3 is 5.97 Å². The molecule has 0 aromatic heterocycles. The highest BCUT2D eigenvalue weighted by Crippen LogP contribution is 2.21. The number of benzene rings is 1. The molecule has 0 fully saturated rings. The molecule has 1 aromatic carbocycles. The minimum Gasteiger partial charge on any atom is -0.481 e. The van der Waals surface area contributed by atoms with Crippen molar-refractivity contribution in [3.8, 4) is 0 Å². The second-order valence-electron chi connectivity index (χ2n) is 3.84. The lowest BCUT2D eigenvalue weighted by molar-refractivity contribution is -0.137. The first-order chi connectivity index (χ1) is 8.00. The predicted octanol–water partition coefficient (Wildman–Crippen LogP) is 3.10. The van der Waals surface area contributed by atoms with Crippen molar-refractivity contribution in [3.63, 3.8) is 0 Å². The lowest BCUT2D eigenvalue weighted by atomic mass is 10.1. The molecule has 5 heteroatoms. The Bertz CT molecular complexity index is 398. The van der Waals surface area contributed by atoms with E-state index >= 15 is 0 Å². The van der Waals surface area contributed by atoms with E-state index in [4.69, 9.17) is 5.11 Å². The van der Waals surface area contributed by atoms with Crippen LogP contribution in [0.25, 0.3) is 0 Å². The van der Waals surface area contributed by atoms with E-state index < -0.39 is 5.97 Å². The van der Waals surface area contributed by atoms with Gasteiger partial charge in [0.1, 0.15) is 5.82 Å². The summed E-state index contributed by atoms with van der Waals surface area (Å²) >= 11 is 3.29. The fraction of sp³-hybridized carbons (Fsp3) is 0.417. The van der Waals surface area contributed by atoms with Crippen LogP contribution in [0.1, 0.15) is 31.4 Å². The minimum absolute atomic E-state index is 0.126. The molecular formula is C12H15BrFNO2. The van der Waals surface area contributed by atoms with E-state index in [1.54, 1.807) is 12.1 Å². The number of carboxylic acid groups (broad SMARTS) is 1. The van der Waals surface area contributed by atoms with Gasteiger partial charge in [0.25, 0.3) is 0 Å². The summed E-state index contributed by atoms with van der Waals surface area (Å²) in [5, 5.41) is 11.6. The first kappa shape index (κ1) is 14.1.